The van der Waals surface area contributed by atoms with E-state index in [4.69, 9.17) is 9.47 Å². The first-order valence-corrected chi connectivity index (χ1v) is 12.7. The number of halogens is 3. The predicted octanol–water partition coefficient (Wildman–Crippen LogP) is 4.64. The van der Waals surface area contributed by atoms with Crippen molar-refractivity contribution in [1.82, 2.24) is 24.8 Å². The molecule has 1 fully saturated rings. The number of fused-ring (bicyclic) bond motifs is 2. The minimum Gasteiger partial charge on any atom is -0.484 e. The van der Waals surface area contributed by atoms with Crippen LogP contribution in [0.4, 0.5) is 13.2 Å². The van der Waals surface area contributed by atoms with Gasteiger partial charge in [0.05, 0.1) is 39.2 Å². The maximum atomic E-state index is 13.9. The average molecular weight is 548 g/mol. The topological polar surface area (TPSA) is 110 Å². The quantitative estimate of drug-likeness (QED) is 0.396. The van der Waals surface area contributed by atoms with E-state index in [0.29, 0.717) is 28.3 Å². The van der Waals surface area contributed by atoms with Crippen molar-refractivity contribution in [3.05, 3.63) is 56.7 Å². The Kier molecular flexibility index (Phi) is 6.59. The number of hydrogen-bond donors (Lipinski definition) is 1. The number of pyridine rings is 1. The number of nitrogens with one attached hydrogen (secondary N) is 1. The molecular formula is C25H24F3N5O4S. The van der Waals surface area contributed by atoms with Crippen molar-refractivity contribution < 1.29 is 27.4 Å². The van der Waals surface area contributed by atoms with Gasteiger partial charge >= 0.3 is 6.18 Å². The Hall–Kier alpha value is -3.58. The van der Waals surface area contributed by atoms with Gasteiger partial charge in [-0.1, -0.05) is 0 Å². The number of aromatic nitrogens is 4. The molecule has 4 heterocycles. The monoisotopic (exact) mass is 547 g/mol. The molecule has 0 spiro atoms. The third-order valence-electron chi connectivity index (χ3n) is 6.08. The molecule has 1 aliphatic rings. The molecule has 1 N–H and O–H groups in total. The summed E-state index contributed by atoms with van der Waals surface area (Å²) in [5, 5.41) is 0.309. The van der Waals surface area contributed by atoms with Crippen molar-refractivity contribution in [2.75, 3.05) is 13.1 Å². The van der Waals surface area contributed by atoms with Crippen LogP contribution in [0.2, 0.25) is 0 Å². The lowest BCUT2D eigenvalue weighted by molar-refractivity contribution is -0.139. The fraction of sp³-hybridized carbons (Fsp3) is 0.400. The second kappa shape index (κ2) is 9.62. The summed E-state index contributed by atoms with van der Waals surface area (Å²) < 4.78 is 53.9. The molecule has 0 radical (unpaired) electrons. The van der Waals surface area contributed by atoms with Crippen molar-refractivity contribution in [3.63, 3.8) is 0 Å². The first-order chi connectivity index (χ1) is 17.9. The molecule has 0 saturated carbocycles. The van der Waals surface area contributed by atoms with Gasteiger partial charge in [-0.15, -0.1) is 11.3 Å². The first kappa shape index (κ1) is 26.0. The summed E-state index contributed by atoms with van der Waals surface area (Å²) >= 11 is 1.18. The van der Waals surface area contributed by atoms with Gasteiger partial charge in [0.1, 0.15) is 17.7 Å². The summed E-state index contributed by atoms with van der Waals surface area (Å²) in [5.74, 6) is 0.253. The van der Waals surface area contributed by atoms with E-state index in [1.165, 1.54) is 25.2 Å². The third-order valence-corrected chi connectivity index (χ3v) is 7.09. The Bertz CT molecular complexity index is 1590. The molecular weight excluding hydrogens is 523 g/mol. The van der Waals surface area contributed by atoms with Crippen LogP contribution in [-0.2, 0) is 10.9 Å². The molecule has 9 nitrogen and oxygen atoms in total. The van der Waals surface area contributed by atoms with Crippen LogP contribution in [0.5, 0.6) is 5.75 Å². The van der Waals surface area contributed by atoms with E-state index < -0.39 is 29.1 Å². The third kappa shape index (κ3) is 5.07. The summed E-state index contributed by atoms with van der Waals surface area (Å²) in [4.78, 5) is 42.0. The number of carbonyl (C=O) groups excluding carboxylic acids is 1. The molecule has 3 atom stereocenters. The van der Waals surface area contributed by atoms with Crippen LogP contribution in [0.15, 0.2) is 29.1 Å². The van der Waals surface area contributed by atoms with Crippen LogP contribution < -0.4 is 10.3 Å². The van der Waals surface area contributed by atoms with E-state index in [0.717, 1.165) is 6.07 Å². The smallest absolute Gasteiger partial charge is 0.418 e. The van der Waals surface area contributed by atoms with Gasteiger partial charge in [-0.05, 0) is 52.0 Å². The van der Waals surface area contributed by atoms with Crippen LogP contribution in [0.1, 0.15) is 53.8 Å². The highest BCUT2D eigenvalue weighted by molar-refractivity contribution is 7.20. The molecule has 0 bridgehead atoms. The second-order valence-corrected chi connectivity index (χ2v) is 10.3. The van der Waals surface area contributed by atoms with Crippen molar-refractivity contribution in [3.8, 4) is 5.75 Å². The number of benzene rings is 1. The second-order valence-electron chi connectivity index (χ2n) is 9.31. The van der Waals surface area contributed by atoms with Crippen LogP contribution in [0.3, 0.4) is 0 Å². The largest absolute Gasteiger partial charge is 0.484 e. The van der Waals surface area contributed by atoms with Crippen molar-refractivity contribution in [2.24, 2.45) is 0 Å². The zero-order valence-corrected chi connectivity index (χ0v) is 21.7. The zero-order chi connectivity index (χ0) is 27.4. The lowest BCUT2D eigenvalue weighted by atomic mass is 10.1. The average Bonchev–Trinajstić information content (AvgIpc) is 3.25. The minimum absolute atomic E-state index is 0.0840. The lowest BCUT2D eigenvalue weighted by Gasteiger charge is -2.34. The van der Waals surface area contributed by atoms with Crippen LogP contribution in [-0.4, -0.2) is 56.0 Å². The molecule has 4 aromatic rings. The predicted molar refractivity (Wildman–Crippen MR) is 134 cm³/mol. The Morgan fingerprint density at radius 3 is 2.55 bits per heavy atom. The van der Waals surface area contributed by atoms with Crippen LogP contribution in [0.25, 0.3) is 21.3 Å². The van der Waals surface area contributed by atoms with E-state index in [-0.39, 0.29) is 40.7 Å². The molecule has 1 aromatic carbocycles. The molecule has 200 valence electrons. The van der Waals surface area contributed by atoms with Gasteiger partial charge in [-0.3, -0.25) is 9.59 Å². The van der Waals surface area contributed by atoms with Gasteiger partial charge in [-0.2, -0.15) is 13.2 Å². The highest BCUT2D eigenvalue weighted by Crippen LogP contribution is 2.37. The maximum Gasteiger partial charge on any atom is 0.418 e. The fourth-order valence-electron chi connectivity index (χ4n) is 4.55. The Labute approximate surface area is 218 Å². The number of alkyl halides is 3. The molecule has 5 rings (SSSR count). The molecule has 1 saturated heterocycles. The molecule has 1 aliphatic heterocycles. The Morgan fingerprint density at radius 1 is 1.16 bits per heavy atom. The number of H-pyrrole nitrogens is 1. The number of ether oxygens (including phenoxy) is 2. The van der Waals surface area contributed by atoms with E-state index in [1.54, 1.807) is 23.1 Å². The number of aryl methyl sites for hydroxylation is 1. The van der Waals surface area contributed by atoms with E-state index in [9.17, 15) is 22.8 Å². The summed E-state index contributed by atoms with van der Waals surface area (Å²) in [6.07, 6.45) is -6.06. The highest BCUT2D eigenvalue weighted by atomic mass is 32.1. The summed E-state index contributed by atoms with van der Waals surface area (Å²) in [6.45, 7) is 7.63. The van der Waals surface area contributed by atoms with Gasteiger partial charge in [0.2, 0.25) is 0 Å². The van der Waals surface area contributed by atoms with E-state index in [1.807, 2.05) is 13.8 Å². The van der Waals surface area contributed by atoms with Gasteiger partial charge < -0.3 is 19.4 Å². The minimum atomic E-state index is -4.74. The Morgan fingerprint density at radius 2 is 1.87 bits per heavy atom. The number of nitrogens with zero attached hydrogens (tertiary/aromatic N) is 4. The number of carbonyl (C=O) groups is 1. The highest BCUT2D eigenvalue weighted by Gasteiger charge is 2.37. The number of rotatable bonds is 4. The molecule has 1 amide bonds. The number of morpholine rings is 1. The molecule has 13 heteroatoms. The van der Waals surface area contributed by atoms with Gasteiger partial charge in [0.25, 0.3) is 11.5 Å². The maximum absolute atomic E-state index is 13.9. The summed E-state index contributed by atoms with van der Waals surface area (Å²) in [5.41, 5.74) is -1.89. The zero-order valence-electron chi connectivity index (χ0n) is 20.9. The fourth-order valence-corrected chi connectivity index (χ4v) is 5.51. The Balaban J connectivity index is 1.44. The van der Waals surface area contributed by atoms with Crippen LogP contribution in [0, 0.1) is 6.92 Å². The van der Waals surface area contributed by atoms with Gasteiger partial charge in [-0.25, -0.2) is 15.0 Å². The lowest BCUT2D eigenvalue weighted by Crippen LogP contribution is -2.48. The van der Waals surface area contributed by atoms with Gasteiger partial charge in [0.15, 0.2) is 10.5 Å². The van der Waals surface area contributed by atoms with Crippen molar-refractivity contribution >= 4 is 38.5 Å². The molecule has 38 heavy (non-hydrogen) atoms. The standard InChI is InChI=1S/C25H24F3N5O4S/c1-11-9-33(10-12(2)36-11)24(35)23-31-17-6-5-15(7-19(17)38-23)37-13(3)20-16(25(26,27)28)8-18-21(32-20)22(34)30-14(4)29-18/h5-8,11-13H,9-10H2,1-4H3,(H,29,30,34)/t11-,12+,13?. The van der Waals surface area contributed by atoms with Crippen molar-refractivity contribution in [1.29, 1.82) is 0 Å². The number of aromatic amines is 1. The molecule has 0 aliphatic carbocycles. The summed E-state index contributed by atoms with van der Waals surface area (Å²) in [6, 6.07) is 5.65. The van der Waals surface area contributed by atoms with E-state index >= 15 is 0 Å². The summed E-state index contributed by atoms with van der Waals surface area (Å²) in [7, 11) is 0. The van der Waals surface area contributed by atoms with Gasteiger partial charge in [0, 0.05) is 13.1 Å². The number of amides is 1. The SMILES string of the molecule is Cc1nc2cc(C(F)(F)F)c(C(C)Oc3ccc4nc(C(=O)N5C[C@@H](C)O[C@@H](C)C5)sc4c3)nc2c(=O)[nH]1. The van der Waals surface area contributed by atoms with E-state index in [2.05, 4.69) is 19.9 Å². The number of thiazole rings is 1. The normalized spacial score (nSPS) is 19.2. The van der Waals surface area contributed by atoms with Crippen molar-refractivity contribution in [2.45, 2.75) is 52.2 Å². The molecule has 1 unspecified atom stereocenters. The molecule has 3 aromatic heterocycles. The number of hydrogen-bond acceptors (Lipinski definition) is 8. The van der Waals surface area contributed by atoms with Crippen LogP contribution >= 0.6 is 11.3 Å². The first-order valence-electron chi connectivity index (χ1n) is 11.9.